The molecule has 1 amide bonds. The maximum Gasteiger partial charge on any atom is 0.407 e. The van der Waals surface area contributed by atoms with Crippen LogP contribution < -0.4 is 10.6 Å². The quantitative estimate of drug-likeness (QED) is 0.861. The summed E-state index contributed by atoms with van der Waals surface area (Å²) in [4.78, 5) is 11.8. The number of carbonyl (C=O) groups is 1. The van der Waals surface area contributed by atoms with E-state index in [1.165, 1.54) is 0 Å². The van der Waals surface area contributed by atoms with Crippen LogP contribution in [0.1, 0.15) is 38.2 Å². The van der Waals surface area contributed by atoms with Gasteiger partial charge in [0, 0.05) is 13.1 Å². The molecule has 1 aliphatic rings. The molecule has 1 aromatic heterocycles. The molecule has 0 saturated carbocycles. The van der Waals surface area contributed by atoms with Crippen molar-refractivity contribution in [3.63, 3.8) is 0 Å². The molecule has 5 heteroatoms. The highest BCUT2D eigenvalue weighted by Crippen LogP contribution is 2.25. The first-order valence-electron chi connectivity index (χ1n) is 6.62. The number of hydrogen-bond acceptors (Lipinski definition) is 4. The van der Waals surface area contributed by atoms with Crippen LogP contribution in [-0.2, 0) is 4.74 Å². The van der Waals surface area contributed by atoms with E-state index in [4.69, 9.17) is 9.15 Å². The van der Waals surface area contributed by atoms with Crippen LogP contribution in [0.3, 0.4) is 0 Å². The molecule has 0 aliphatic carbocycles. The average Bonchev–Trinajstić information content (AvgIpc) is 2.83. The summed E-state index contributed by atoms with van der Waals surface area (Å²) >= 11 is 0. The number of ether oxygens (including phenoxy) is 1. The molecule has 0 radical (unpaired) electrons. The summed E-state index contributed by atoms with van der Waals surface area (Å²) in [6.07, 6.45) is -0.380. The van der Waals surface area contributed by atoms with Gasteiger partial charge in [0.1, 0.15) is 17.1 Å². The number of hydrogen-bond donors (Lipinski definition) is 2. The number of alkyl carbamates (subject to hydrolysis) is 1. The van der Waals surface area contributed by atoms with Crippen LogP contribution in [0.25, 0.3) is 0 Å². The second-order valence-corrected chi connectivity index (χ2v) is 5.97. The fraction of sp³-hybridized carbons (Fsp3) is 0.643. The van der Waals surface area contributed by atoms with Gasteiger partial charge in [-0.25, -0.2) is 4.79 Å². The van der Waals surface area contributed by atoms with Crippen LogP contribution in [0.5, 0.6) is 0 Å². The summed E-state index contributed by atoms with van der Waals surface area (Å²) < 4.78 is 10.9. The molecule has 2 atom stereocenters. The number of aryl methyl sites for hydroxylation is 1. The lowest BCUT2D eigenvalue weighted by Gasteiger charge is -2.23. The highest BCUT2D eigenvalue weighted by molar-refractivity contribution is 5.68. The molecule has 106 valence electrons. The number of carbonyl (C=O) groups excluding carboxylic acids is 1. The second kappa shape index (κ2) is 5.25. The predicted octanol–water partition coefficient (Wildman–Crippen LogP) is 2.17. The first-order valence-corrected chi connectivity index (χ1v) is 6.62. The maximum absolute atomic E-state index is 11.8. The summed E-state index contributed by atoms with van der Waals surface area (Å²) in [5.74, 6) is 1.95. The van der Waals surface area contributed by atoms with Crippen molar-refractivity contribution in [1.82, 2.24) is 10.6 Å². The molecular weight excluding hydrogens is 244 g/mol. The Labute approximate surface area is 113 Å². The minimum absolute atomic E-state index is 0.000370. The van der Waals surface area contributed by atoms with E-state index < -0.39 is 5.60 Å². The van der Waals surface area contributed by atoms with Crippen LogP contribution in [0.15, 0.2) is 16.5 Å². The SMILES string of the molecule is Cc1ccc(C2CNCC2NC(=O)OC(C)(C)C)o1. The zero-order chi connectivity index (χ0) is 14.0. The van der Waals surface area contributed by atoms with E-state index in [-0.39, 0.29) is 18.1 Å². The van der Waals surface area contributed by atoms with Gasteiger partial charge in [-0.1, -0.05) is 0 Å². The van der Waals surface area contributed by atoms with Crippen molar-refractivity contribution in [2.75, 3.05) is 13.1 Å². The summed E-state index contributed by atoms with van der Waals surface area (Å²) in [7, 11) is 0. The van der Waals surface area contributed by atoms with E-state index >= 15 is 0 Å². The van der Waals surface area contributed by atoms with E-state index in [2.05, 4.69) is 10.6 Å². The number of amides is 1. The van der Waals surface area contributed by atoms with Gasteiger partial charge in [0.15, 0.2) is 0 Å². The second-order valence-electron chi connectivity index (χ2n) is 5.97. The summed E-state index contributed by atoms with van der Waals surface area (Å²) in [6.45, 7) is 9.01. The third-order valence-electron chi connectivity index (χ3n) is 3.04. The minimum atomic E-state index is -0.479. The van der Waals surface area contributed by atoms with E-state index in [1.54, 1.807) is 0 Å². The molecule has 1 aliphatic heterocycles. The van der Waals surface area contributed by atoms with Gasteiger partial charge in [-0.2, -0.15) is 0 Å². The van der Waals surface area contributed by atoms with E-state index in [0.717, 1.165) is 24.6 Å². The van der Waals surface area contributed by atoms with Crippen molar-refractivity contribution in [1.29, 1.82) is 0 Å². The Morgan fingerprint density at radius 2 is 2.16 bits per heavy atom. The molecule has 2 unspecified atom stereocenters. The van der Waals surface area contributed by atoms with E-state index in [1.807, 2.05) is 39.8 Å². The monoisotopic (exact) mass is 266 g/mol. The Morgan fingerprint density at radius 1 is 1.42 bits per heavy atom. The van der Waals surface area contributed by atoms with Crippen LogP contribution in [0.2, 0.25) is 0 Å². The first-order chi connectivity index (χ1) is 8.85. The maximum atomic E-state index is 11.8. The number of furan rings is 1. The standard InChI is InChI=1S/C14H22N2O3/c1-9-5-6-12(18-9)10-7-15-8-11(10)16-13(17)19-14(2,3)4/h5-6,10-11,15H,7-8H2,1-4H3,(H,16,17). The molecule has 0 spiro atoms. The van der Waals surface area contributed by atoms with Gasteiger partial charge in [-0.05, 0) is 39.8 Å². The molecule has 2 N–H and O–H groups in total. The van der Waals surface area contributed by atoms with Gasteiger partial charge in [0.05, 0.1) is 12.0 Å². The largest absolute Gasteiger partial charge is 0.466 e. The lowest BCUT2D eigenvalue weighted by Crippen LogP contribution is -2.42. The third kappa shape index (κ3) is 3.73. The summed E-state index contributed by atoms with van der Waals surface area (Å²) in [6, 6.07) is 3.91. The van der Waals surface area contributed by atoms with Crippen molar-refractivity contribution in [3.8, 4) is 0 Å². The Balaban J connectivity index is 1.98. The normalized spacial score (nSPS) is 23.4. The lowest BCUT2D eigenvalue weighted by atomic mass is 10.0. The molecule has 19 heavy (non-hydrogen) atoms. The van der Waals surface area contributed by atoms with Crippen LogP contribution in [-0.4, -0.2) is 30.8 Å². The molecule has 1 aromatic rings. The Kier molecular flexibility index (Phi) is 3.85. The van der Waals surface area contributed by atoms with Crippen LogP contribution in [0.4, 0.5) is 4.79 Å². The first kappa shape index (κ1) is 13.9. The van der Waals surface area contributed by atoms with Crippen LogP contribution >= 0.6 is 0 Å². The van der Waals surface area contributed by atoms with Crippen molar-refractivity contribution in [2.24, 2.45) is 0 Å². The smallest absolute Gasteiger partial charge is 0.407 e. The molecule has 1 saturated heterocycles. The molecule has 0 aromatic carbocycles. The number of rotatable bonds is 2. The summed E-state index contributed by atoms with van der Waals surface area (Å²) in [5, 5.41) is 6.18. The molecule has 5 nitrogen and oxygen atoms in total. The topological polar surface area (TPSA) is 63.5 Å². The zero-order valence-electron chi connectivity index (χ0n) is 11.9. The fourth-order valence-corrected chi connectivity index (χ4v) is 2.24. The van der Waals surface area contributed by atoms with Gasteiger partial charge in [0.2, 0.25) is 0 Å². The van der Waals surface area contributed by atoms with Crippen molar-refractivity contribution >= 4 is 6.09 Å². The highest BCUT2D eigenvalue weighted by Gasteiger charge is 2.32. The molecule has 2 rings (SSSR count). The van der Waals surface area contributed by atoms with Gasteiger partial charge in [0.25, 0.3) is 0 Å². The lowest BCUT2D eigenvalue weighted by molar-refractivity contribution is 0.0503. The number of nitrogens with one attached hydrogen (secondary N) is 2. The predicted molar refractivity (Wildman–Crippen MR) is 72.2 cm³/mol. The molecule has 1 fully saturated rings. The third-order valence-corrected chi connectivity index (χ3v) is 3.04. The zero-order valence-corrected chi connectivity index (χ0v) is 11.9. The van der Waals surface area contributed by atoms with Crippen molar-refractivity contribution < 1.29 is 13.9 Å². The minimum Gasteiger partial charge on any atom is -0.466 e. The molecule has 2 heterocycles. The van der Waals surface area contributed by atoms with Gasteiger partial charge in [-0.3, -0.25) is 0 Å². The Bertz CT molecular complexity index is 448. The van der Waals surface area contributed by atoms with Crippen molar-refractivity contribution in [3.05, 3.63) is 23.7 Å². The summed E-state index contributed by atoms with van der Waals surface area (Å²) in [5.41, 5.74) is -0.479. The van der Waals surface area contributed by atoms with Crippen molar-refractivity contribution in [2.45, 2.75) is 45.3 Å². The fourth-order valence-electron chi connectivity index (χ4n) is 2.24. The van der Waals surface area contributed by atoms with Gasteiger partial charge < -0.3 is 19.8 Å². The van der Waals surface area contributed by atoms with Gasteiger partial charge >= 0.3 is 6.09 Å². The molecule has 0 bridgehead atoms. The molecular formula is C14H22N2O3. The Hall–Kier alpha value is -1.49. The Morgan fingerprint density at radius 3 is 2.74 bits per heavy atom. The van der Waals surface area contributed by atoms with Gasteiger partial charge in [-0.15, -0.1) is 0 Å². The highest BCUT2D eigenvalue weighted by atomic mass is 16.6. The average molecular weight is 266 g/mol. The van der Waals surface area contributed by atoms with Crippen LogP contribution in [0, 0.1) is 6.92 Å². The van der Waals surface area contributed by atoms with E-state index in [9.17, 15) is 4.79 Å². The van der Waals surface area contributed by atoms with E-state index in [0.29, 0.717) is 0 Å².